The standard InChI is InChI=1S/C23H32N4O.HI/c1-24-23(25-16-19-9-8-10-20(15-19)18-28-2)26-17-22(27-13-6-7-14-27)21-11-4-3-5-12-21;/h3-5,8-12,15,22H,6-7,13-14,16-18H2,1-2H3,(H2,24,25,26);1H. The number of nitrogens with zero attached hydrogens (tertiary/aromatic N) is 2. The molecule has 1 aliphatic rings. The van der Waals surface area contributed by atoms with E-state index in [0.717, 1.165) is 19.0 Å². The highest BCUT2D eigenvalue weighted by molar-refractivity contribution is 14.0. The third-order valence-electron chi connectivity index (χ3n) is 5.21. The number of hydrogen-bond acceptors (Lipinski definition) is 3. The van der Waals surface area contributed by atoms with Crippen molar-refractivity contribution in [3.63, 3.8) is 0 Å². The van der Waals surface area contributed by atoms with Gasteiger partial charge in [0.05, 0.1) is 12.6 Å². The summed E-state index contributed by atoms with van der Waals surface area (Å²) in [6.07, 6.45) is 2.57. The average molecular weight is 508 g/mol. The minimum atomic E-state index is 0. The molecule has 0 aromatic heterocycles. The summed E-state index contributed by atoms with van der Waals surface area (Å²) in [6.45, 7) is 4.54. The highest BCUT2D eigenvalue weighted by Gasteiger charge is 2.23. The van der Waals surface area contributed by atoms with Crippen molar-refractivity contribution in [1.82, 2.24) is 15.5 Å². The molecule has 1 atom stereocenters. The van der Waals surface area contributed by atoms with Crippen molar-refractivity contribution in [2.45, 2.75) is 32.0 Å². The molecule has 0 aliphatic carbocycles. The van der Waals surface area contributed by atoms with Gasteiger partial charge in [0, 0.05) is 27.2 Å². The highest BCUT2D eigenvalue weighted by Crippen LogP contribution is 2.24. The molecular weight excluding hydrogens is 475 g/mol. The SMILES string of the molecule is CN=C(NCc1cccc(COC)c1)NCC(c1ccccc1)N1CCCC1.I. The van der Waals surface area contributed by atoms with E-state index in [2.05, 4.69) is 75.1 Å². The zero-order chi connectivity index (χ0) is 19.6. The van der Waals surface area contributed by atoms with Crippen LogP contribution in [0.15, 0.2) is 59.6 Å². The fourth-order valence-electron chi connectivity index (χ4n) is 3.78. The molecule has 3 rings (SSSR count). The summed E-state index contributed by atoms with van der Waals surface area (Å²) in [6, 6.07) is 19.6. The predicted octanol–water partition coefficient (Wildman–Crippen LogP) is 3.95. The fourth-order valence-corrected chi connectivity index (χ4v) is 3.78. The molecule has 0 saturated carbocycles. The first-order valence-corrected chi connectivity index (χ1v) is 10.1. The number of ether oxygens (including phenoxy) is 1. The number of aliphatic imine (C=N–C) groups is 1. The molecule has 5 nitrogen and oxygen atoms in total. The van der Waals surface area contributed by atoms with E-state index in [1.807, 2.05) is 7.05 Å². The van der Waals surface area contributed by atoms with Gasteiger partial charge in [0.15, 0.2) is 5.96 Å². The van der Waals surface area contributed by atoms with Gasteiger partial charge in [-0.25, -0.2) is 0 Å². The van der Waals surface area contributed by atoms with Gasteiger partial charge in [-0.3, -0.25) is 9.89 Å². The molecule has 0 bridgehead atoms. The number of guanidine groups is 1. The van der Waals surface area contributed by atoms with Crippen molar-refractivity contribution in [3.05, 3.63) is 71.3 Å². The summed E-state index contributed by atoms with van der Waals surface area (Å²) < 4.78 is 5.22. The zero-order valence-electron chi connectivity index (χ0n) is 17.4. The van der Waals surface area contributed by atoms with E-state index >= 15 is 0 Å². The van der Waals surface area contributed by atoms with E-state index in [1.165, 1.54) is 42.6 Å². The minimum Gasteiger partial charge on any atom is -0.380 e. The summed E-state index contributed by atoms with van der Waals surface area (Å²) >= 11 is 0. The Balaban J connectivity index is 0.00000300. The van der Waals surface area contributed by atoms with Gasteiger partial charge in [-0.05, 0) is 42.6 Å². The maximum Gasteiger partial charge on any atom is 0.191 e. The van der Waals surface area contributed by atoms with Gasteiger partial charge in [0.1, 0.15) is 0 Å². The molecule has 0 radical (unpaired) electrons. The summed E-state index contributed by atoms with van der Waals surface area (Å²) in [7, 11) is 3.55. The van der Waals surface area contributed by atoms with Crippen LogP contribution in [0.3, 0.4) is 0 Å². The number of rotatable bonds is 8. The molecule has 1 aliphatic heterocycles. The van der Waals surface area contributed by atoms with Gasteiger partial charge in [-0.15, -0.1) is 24.0 Å². The van der Waals surface area contributed by atoms with Gasteiger partial charge in [0.2, 0.25) is 0 Å². The van der Waals surface area contributed by atoms with Crippen LogP contribution in [0.5, 0.6) is 0 Å². The van der Waals surface area contributed by atoms with Crippen LogP contribution in [0.25, 0.3) is 0 Å². The molecule has 1 heterocycles. The monoisotopic (exact) mass is 508 g/mol. The van der Waals surface area contributed by atoms with Crippen molar-refractivity contribution in [3.8, 4) is 0 Å². The first-order chi connectivity index (χ1) is 13.8. The average Bonchev–Trinajstić information content (AvgIpc) is 3.26. The van der Waals surface area contributed by atoms with Crippen molar-refractivity contribution in [1.29, 1.82) is 0 Å². The Hall–Kier alpha value is -1.64. The first kappa shape index (κ1) is 23.6. The van der Waals surface area contributed by atoms with Crippen LogP contribution in [0.4, 0.5) is 0 Å². The fraction of sp³-hybridized carbons (Fsp3) is 0.435. The maximum absolute atomic E-state index is 5.22. The second-order valence-corrected chi connectivity index (χ2v) is 7.23. The molecule has 0 amide bonds. The Morgan fingerprint density at radius 1 is 1.03 bits per heavy atom. The molecule has 1 unspecified atom stereocenters. The molecule has 1 fully saturated rings. The molecule has 0 spiro atoms. The van der Waals surface area contributed by atoms with E-state index < -0.39 is 0 Å². The third-order valence-corrected chi connectivity index (χ3v) is 5.21. The summed E-state index contributed by atoms with van der Waals surface area (Å²) in [5.74, 6) is 0.831. The van der Waals surface area contributed by atoms with Crippen LogP contribution in [-0.4, -0.2) is 44.7 Å². The van der Waals surface area contributed by atoms with Gasteiger partial charge in [-0.1, -0.05) is 54.6 Å². The van der Waals surface area contributed by atoms with Crippen LogP contribution in [0.1, 0.15) is 35.6 Å². The first-order valence-electron chi connectivity index (χ1n) is 10.1. The number of hydrogen-bond donors (Lipinski definition) is 2. The molecule has 2 aromatic rings. The molecule has 6 heteroatoms. The molecule has 2 N–H and O–H groups in total. The number of likely N-dealkylation sites (tertiary alicyclic amines) is 1. The van der Waals surface area contributed by atoms with Gasteiger partial charge in [-0.2, -0.15) is 0 Å². The highest BCUT2D eigenvalue weighted by atomic mass is 127. The van der Waals surface area contributed by atoms with E-state index in [0.29, 0.717) is 12.6 Å². The van der Waals surface area contributed by atoms with E-state index in [1.54, 1.807) is 7.11 Å². The molecule has 1 saturated heterocycles. The molecule has 29 heavy (non-hydrogen) atoms. The van der Waals surface area contributed by atoms with Gasteiger partial charge in [0.25, 0.3) is 0 Å². The smallest absolute Gasteiger partial charge is 0.191 e. The Bertz CT molecular complexity index is 748. The second-order valence-electron chi connectivity index (χ2n) is 7.23. The van der Waals surface area contributed by atoms with Crippen LogP contribution < -0.4 is 10.6 Å². The van der Waals surface area contributed by atoms with Crippen molar-refractivity contribution >= 4 is 29.9 Å². The van der Waals surface area contributed by atoms with Crippen molar-refractivity contribution in [2.75, 3.05) is 33.8 Å². The minimum absolute atomic E-state index is 0. The van der Waals surface area contributed by atoms with Gasteiger partial charge >= 0.3 is 0 Å². The second kappa shape index (κ2) is 12.8. The lowest BCUT2D eigenvalue weighted by Crippen LogP contribution is -2.42. The molecule has 158 valence electrons. The number of methoxy groups -OCH3 is 1. The Labute approximate surface area is 192 Å². The zero-order valence-corrected chi connectivity index (χ0v) is 19.8. The largest absolute Gasteiger partial charge is 0.380 e. The number of benzene rings is 2. The predicted molar refractivity (Wildman–Crippen MR) is 131 cm³/mol. The Kier molecular flexibility index (Phi) is 10.5. The Morgan fingerprint density at radius 3 is 2.45 bits per heavy atom. The lowest BCUT2D eigenvalue weighted by atomic mass is 10.1. The topological polar surface area (TPSA) is 48.9 Å². The maximum atomic E-state index is 5.22. The van der Waals surface area contributed by atoms with Gasteiger partial charge < -0.3 is 15.4 Å². The number of nitrogens with one attached hydrogen (secondary N) is 2. The van der Waals surface area contributed by atoms with Crippen molar-refractivity contribution < 1.29 is 4.74 Å². The third kappa shape index (κ3) is 7.28. The van der Waals surface area contributed by atoms with E-state index in [9.17, 15) is 0 Å². The van der Waals surface area contributed by atoms with Crippen LogP contribution in [0, 0.1) is 0 Å². The van der Waals surface area contributed by atoms with Crippen LogP contribution in [-0.2, 0) is 17.9 Å². The van der Waals surface area contributed by atoms with Crippen molar-refractivity contribution in [2.24, 2.45) is 4.99 Å². The summed E-state index contributed by atoms with van der Waals surface area (Å²) in [5.41, 5.74) is 3.76. The quantitative estimate of drug-likeness (QED) is 0.322. The summed E-state index contributed by atoms with van der Waals surface area (Å²) in [5, 5.41) is 6.96. The van der Waals surface area contributed by atoms with E-state index in [-0.39, 0.29) is 24.0 Å². The lowest BCUT2D eigenvalue weighted by Gasteiger charge is -2.29. The van der Waals surface area contributed by atoms with Crippen LogP contribution >= 0.6 is 24.0 Å². The lowest BCUT2D eigenvalue weighted by molar-refractivity contribution is 0.185. The normalized spacial score (nSPS) is 15.6. The molecular formula is C23H33IN4O. The summed E-state index contributed by atoms with van der Waals surface area (Å²) in [4.78, 5) is 6.98. The Morgan fingerprint density at radius 2 is 1.76 bits per heavy atom. The number of halogens is 1. The van der Waals surface area contributed by atoms with E-state index in [4.69, 9.17) is 4.74 Å². The van der Waals surface area contributed by atoms with Crippen LogP contribution in [0.2, 0.25) is 0 Å². The molecule has 2 aromatic carbocycles.